The number of nitrogens with zero attached hydrogens (tertiary/aromatic N) is 2. The standard InChI is InChI=1S/C24H19FN4O/c1-16-8-10-17(11-9-16)19-14-26-24(27-15-19)29-21-6-2-4-18(12-21)23(30)28-22-7-3-5-20(25)13-22/h2-15H,1H3,(H,28,30)(H,26,27,29). The third-order valence-electron chi connectivity index (χ3n) is 4.50. The van der Waals surface area contributed by atoms with E-state index >= 15 is 0 Å². The Morgan fingerprint density at radius 2 is 1.53 bits per heavy atom. The van der Waals surface area contributed by atoms with E-state index in [1.165, 1.54) is 17.7 Å². The average Bonchev–Trinajstić information content (AvgIpc) is 2.75. The Morgan fingerprint density at radius 3 is 2.27 bits per heavy atom. The van der Waals surface area contributed by atoms with Gasteiger partial charge >= 0.3 is 0 Å². The van der Waals surface area contributed by atoms with Crippen molar-refractivity contribution < 1.29 is 9.18 Å². The summed E-state index contributed by atoms with van der Waals surface area (Å²) in [7, 11) is 0. The normalized spacial score (nSPS) is 10.5. The molecule has 148 valence electrons. The van der Waals surface area contributed by atoms with Crippen molar-refractivity contribution in [3.8, 4) is 11.1 Å². The summed E-state index contributed by atoms with van der Waals surface area (Å²) in [6.07, 6.45) is 3.50. The van der Waals surface area contributed by atoms with Crippen molar-refractivity contribution in [2.75, 3.05) is 10.6 Å². The average molecular weight is 398 g/mol. The third kappa shape index (κ3) is 4.67. The van der Waals surface area contributed by atoms with Crippen LogP contribution in [0.5, 0.6) is 0 Å². The number of benzene rings is 3. The number of hydrogen-bond donors (Lipinski definition) is 2. The van der Waals surface area contributed by atoms with Crippen LogP contribution in [0.4, 0.5) is 21.7 Å². The lowest BCUT2D eigenvalue weighted by molar-refractivity contribution is 0.102. The molecule has 1 heterocycles. The number of aryl methyl sites for hydroxylation is 1. The van der Waals surface area contributed by atoms with Gasteiger partial charge in [-0.15, -0.1) is 0 Å². The number of aromatic nitrogens is 2. The van der Waals surface area contributed by atoms with Crippen LogP contribution < -0.4 is 10.6 Å². The summed E-state index contributed by atoms with van der Waals surface area (Å²) >= 11 is 0. The van der Waals surface area contributed by atoms with Crippen molar-refractivity contribution >= 4 is 23.2 Å². The summed E-state index contributed by atoms with van der Waals surface area (Å²) < 4.78 is 13.3. The van der Waals surface area contributed by atoms with Crippen LogP contribution in [-0.4, -0.2) is 15.9 Å². The number of hydrogen-bond acceptors (Lipinski definition) is 4. The lowest BCUT2D eigenvalue weighted by Crippen LogP contribution is -2.12. The Bertz CT molecular complexity index is 1170. The maximum Gasteiger partial charge on any atom is 0.255 e. The molecule has 5 nitrogen and oxygen atoms in total. The second kappa shape index (κ2) is 8.53. The fourth-order valence-corrected chi connectivity index (χ4v) is 2.92. The van der Waals surface area contributed by atoms with Crippen molar-refractivity contribution in [2.24, 2.45) is 0 Å². The zero-order valence-corrected chi connectivity index (χ0v) is 16.3. The maximum absolute atomic E-state index is 13.3. The maximum atomic E-state index is 13.3. The van der Waals surface area contributed by atoms with Crippen LogP contribution in [0.25, 0.3) is 11.1 Å². The first-order chi connectivity index (χ1) is 14.6. The second-order valence-electron chi connectivity index (χ2n) is 6.83. The molecule has 0 radical (unpaired) electrons. The van der Waals surface area contributed by atoms with Crippen LogP contribution >= 0.6 is 0 Å². The van der Waals surface area contributed by atoms with Gasteiger partial charge in [-0.05, 0) is 48.9 Å². The molecule has 0 saturated heterocycles. The van der Waals surface area contributed by atoms with Gasteiger partial charge in [-0.1, -0.05) is 42.0 Å². The van der Waals surface area contributed by atoms with Gasteiger partial charge in [0.25, 0.3) is 5.91 Å². The minimum absolute atomic E-state index is 0.333. The van der Waals surface area contributed by atoms with Gasteiger partial charge in [0.1, 0.15) is 5.82 Å². The molecule has 0 saturated carbocycles. The lowest BCUT2D eigenvalue weighted by atomic mass is 10.1. The number of rotatable bonds is 5. The van der Waals surface area contributed by atoms with Gasteiger partial charge in [0.15, 0.2) is 0 Å². The van der Waals surface area contributed by atoms with E-state index in [0.717, 1.165) is 11.1 Å². The second-order valence-corrected chi connectivity index (χ2v) is 6.83. The Morgan fingerprint density at radius 1 is 0.833 bits per heavy atom. The summed E-state index contributed by atoms with van der Waals surface area (Å²) in [6, 6.07) is 20.8. The molecule has 0 fully saturated rings. The number of amides is 1. The predicted molar refractivity (Wildman–Crippen MR) is 116 cm³/mol. The van der Waals surface area contributed by atoms with E-state index < -0.39 is 5.82 Å². The molecule has 3 aromatic carbocycles. The van der Waals surface area contributed by atoms with Gasteiger partial charge in [0.2, 0.25) is 5.95 Å². The van der Waals surface area contributed by atoms with Crippen LogP contribution in [0.15, 0.2) is 85.2 Å². The van der Waals surface area contributed by atoms with E-state index in [2.05, 4.69) is 20.6 Å². The minimum Gasteiger partial charge on any atom is -0.324 e. The summed E-state index contributed by atoms with van der Waals surface area (Å²) in [5.41, 5.74) is 4.66. The Hall–Kier alpha value is -4.06. The fraction of sp³-hybridized carbons (Fsp3) is 0.0417. The van der Waals surface area contributed by atoms with Crippen LogP contribution in [0.3, 0.4) is 0 Å². The summed E-state index contributed by atoms with van der Waals surface area (Å²) in [6.45, 7) is 2.04. The van der Waals surface area contributed by atoms with Crippen LogP contribution in [0, 0.1) is 12.7 Å². The monoisotopic (exact) mass is 398 g/mol. The van der Waals surface area contributed by atoms with Gasteiger partial charge in [0, 0.05) is 34.9 Å². The Balaban J connectivity index is 1.46. The molecule has 1 amide bonds. The molecule has 0 unspecified atom stereocenters. The first-order valence-corrected chi connectivity index (χ1v) is 9.40. The molecule has 1 aromatic heterocycles. The molecule has 6 heteroatoms. The molecule has 0 bridgehead atoms. The number of carbonyl (C=O) groups is 1. The summed E-state index contributed by atoms with van der Waals surface area (Å²) in [4.78, 5) is 21.2. The molecular weight excluding hydrogens is 379 g/mol. The third-order valence-corrected chi connectivity index (χ3v) is 4.50. The molecular formula is C24H19FN4O. The molecule has 4 rings (SSSR count). The van der Waals surface area contributed by atoms with Gasteiger partial charge < -0.3 is 10.6 Å². The van der Waals surface area contributed by atoms with Crippen molar-refractivity contribution in [3.63, 3.8) is 0 Å². The van der Waals surface area contributed by atoms with E-state index in [4.69, 9.17) is 0 Å². The molecule has 0 aliphatic carbocycles. The van der Waals surface area contributed by atoms with Crippen molar-refractivity contribution in [2.45, 2.75) is 6.92 Å². The molecule has 30 heavy (non-hydrogen) atoms. The van der Waals surface area contributed by atoms with Gasteiger partial charge in [-0.3, -0.25) is 4.79 Å². The number of anilines is 3. The summed E-state index contributed by atoms with van der Waals surface area (Å²) in [5, 5.41) is 5.78. The molecule has 2 N–H and O–H groups in total. The number of halogens is 1. The largest absolute Gasteiger partial charge is 0.324 e. The first kappa shape index (κ1) is 19.3. The minimum atomic E-state index is -0.408. The van der Waals surface area contributed by atoms with Crippen molar-refractivity contribution in [3.05, 3.63) is 102 Å². The molecule has 0 atom stereocenters. The predicted octanol–water partition coefficient (Wildman–Crippen LogP) is 5.59. The smallest absolute Gasteiger partial charge is 0.255 e. The Kier molecular flexibility index (Phi) is 5.48. The van der Waals surface area contributed by atoms with Gasteiger partial charge in [0.05, 0.1) is 0 Å². The van der Waals surface area contributed by atoms with E-state index in [-0.39, 0.29) is 5.91 Å². The van der Waals surface area contributed by atoms with Crippen molar-refractivity contribution in [1.29, 1.82) is 0 Å². The quantitative estimate of drug-likeness (QED) is 0.460. The SMILES string of the molecule is Cc1ccc(-c2cnc(Nc3cccc(C(=O)Nc4cccc(F)c4)c3)nc2)cc1. The highest BCUT2D eigenvalue weighted by molar-refractivity contribution is 6.04. The van der Waals surface area contributed by atoms with Crippen LogP contribution in [0.1, 0.15) is 15.9 Å². The van der Waals surface area contributed by atoms with Crippen LogP contribution in [-0.2, 0) is 0 Å². The van der Waals surface area contributed by atoms with E-state index in [9.17, 15) is 9.18 Å². The fourth-order valence-electron chi connectivity index (χ4n) is 2.92. The van der Waals surface area contributed by atoms with E-state index in [1.807, 2.05) is 37.3 Å². The highest BCUT2D eigenvalue weighted by atomic mass is 19.1. The molecule has 4 aromatic rings. The van der Waals surface area contributed by atoms with Gasteiger partial charge in [-0.2, -0.15) is 0 Å². The molecule has 0 spiro atoms. The highest BCUT2D eigenvalue weighted by Gasteiger charge is 2.08. The number of nitrogens with one attached hydrogen (secondary N) is 2. The lowest BCUT2D eigenvalue weighted by Gasteiger charge is -2.09. The molecule has 0 aliphatic heterocycles. The van der Waals surface area contributed by atoms with Gasteiger partial charge in [-0.25, -0.2) is 14.4 Å². The van der Waals surface area contributed by atoms with Crippen LogP contribution in [0.2, 0.25) is 0 Å². The zero-order chi connectivity index (χ0) is 20.9. The van der Waals surface area contributed by atoms with Crippen molar-refractivity contribution in [1.82, 2.24) is 9.97 Å². The zero-order valence-electron chi connectivity index (χ0n) is 16.3. The summed E-state index contributed by atoms with van der Waals surface area (Å²) in [5.74, 6) is -0.317. The van der Waals surface area contributed by atoms with E-state index in [1.54, 1.807) is 42.7 Å². The molecule has 0 aliphatic rings. The Labute approximate surface area is 173 Å². The highest BCUT2D eigenvalue weighted by Crippen LogP contribution is 2.21. The first-order valence-electron chi connectivity index (χ1n) is 9.40. The van der Waals surface area contributed by atoms with E-state index in [0.29, 0.717) is 22.9 Å². The number of carbonyl (C=O) groups excluding carboxylic acids is 1. The topological polar surface area (TPSA) is 66.9 Å².